The zero-order valence-electron chi connectivity index (χ0n) is 4.90. The minimum atomic E-state index is 0.369. The Balaban J connectivity index is 2.48. The lowest BCUT2D eigenvalue weighted by Gasteiger charge is -1.84. The fraction of sp³-hybridized carbons (Fsp3) is 0.250. The molecular formula is C4H6N4O. The van der Waals surface area contributed by atoms with Crippen LogP contribution >= 0.6 is 0 Å². The van der Waals surface area contributed by atoms with Gasteiger partial charge in [-0.2, -0.15) is 10.3 Å². The molecule has 5 heteroatoms. The number of aromatic amines is 1. The van der Waals surface area contributed by atoms with Crippen LogP contribution in [0.4, 0.5) is 0 Å². The maximum Gasteiger partial charge on any atom is 0.286 e. The van der Waals surface area contributed by atoms with E-state index in [1.54, 1.807) is 6.92 Å². The van der Waals surface area contributed by atoms with Gasteiger partial charge in [-0.1, -0.05) is 5.16 Å². The van der Waals surface area contributed by atoms with Crippen LogP contribution in [-0.2, 0) is 0 Å². The second kappa shape index (κ2) is 2.81. The molecule has 0 fully saturated rings. The number of aromatic nitrogens is 3. The van der Waals surface area contributed by atoms with Gasteiger partial charge in [0.2, 0.25) is 0 Å². The summed E-state index contributed by atoms with van der Waals surface area (Å²) >= 11 is 0. The van der Waals surface area contributed by atoms with Crippen molar-refractivity contribution < 1.29 is 4.84 Å². The molecular weight excluding hydrogens is 120 g/mol. The Kier molecular flexibility index (Phi) is 1.79. The van der Waals surface area contributed by atoms with Gasteiger partial charge in [-0.05, 0) is 6.92 Å². The summed E-state index contributed by atoms with van der Waals surface area (Å²) in [5.41, 5.74) is 0. The number of rotatable bonds is 2. The molecule has 0 aliphatic heterocycles. The number of oxime groups is 1. The summed E-state index contributed by atoms with van der Waals surface area (Å²) in [6, 6.07) is 0. The molecule has 1 aromatic rings. The average Bonchev–Trinajstić information content (AvgIpc) is 2.34. The van der Waals surface area contributed by atoms with Crippen molar-refractivity contribution in [3.05, 3.63) is 6.20 Å². The van der Waals surface area contributed by atoms with Crippen molar-refractivity contribution in [3.8, 4) is 5.88 Å². The largest absolute Gasteiger partial charge is 0.334 e. The van der Waals surface area contributed by atoms with Gasteiger partial charge in [0, 0.05) is 6.21 Å². The Morgan fingerprint density at radius 1 is 1.89 bits per heavy atom. The van der Waals surface area contributed by atoms with Gasteiger partial charge in [0.15, 0.2) is 0 Å². The first-order chi connectivity index (χ1) is 4.43. The highest BCUT2D eigenvalue weighted by atomic mass is 16.6. The van der Waals surface area contributed by atoms with Crippen LogP contribution < -0.4 is 4.84 Å². The average molecular weight is 126 g/mol. The normalized spacial score (nSPS) is 10.3. The molecule has 0 saturated heterocycles. The SMILES string of the molecule is CC=NOc1cn[nH]n1. The molecule has 0 saturated carbocycles. The summed E-state index contributed by atoms with van der Waals surface area (Å²) in [6.45, 7) is 1.75. The molecule has 0 unspecified atom stereocenters. The lowest BCUT2D eigenvalue weighted by molar-refractivity contribution is 0.329. The zero-order chi connectivity index (χ0) is 6.53. The van der Waals surface area contributed by atoms with Crippen molar-refractivity contribution in [2.75, 3.05) is 0 Å². The highest BCUT2D eigenvalue weighted by Gasteiger charge is 1.90. The molecule has 0 bridgehead atoms. The minimum Gasteiger partial charge on any atom is -0.334 e. The third-order valence-electron chi connectivity index (χ3n) is 0.645. The fourth-order valence-electron chi connectivity index (χ4n) is 0.342. The fourth-order valence-corrected chi connectivity index (χ4v) is 0.342. The monoisotopic (exact) mass is 126 g/mol. The van der Waals surface area contributed by atoms with Gasteiger partial charge in [-0.3, -0.25) is 0 Å². The Hall–Kier alpha value is -1.39. The lowest BCUT2D eigenvalue weighted by atomic mass is 10.9. The van der Waals surface area contributed by atoms with Gasteiger partial charge in [0.1, 0.15) is 6.20 Å². The van der Waals surface area contributed by atoms with Gasteiger partial charge in [-0.25, -0.2) is 0 Å². The molecule has 1 aromatic heterocycles. The van der Waals surface area contributed by atoms with Crippen LogP contribution in [0.1, 0.15) is 6.92 Å². The van der Waals surface area contributed by atoms with E-state index in [-0.39, 0.29) is 0 Å². The van der Waals surface area contributed by atoms with E-state index < -0.39 is 0 Å². The standard InChI is InChI=1S/C4H6N4O/c1-2-6-9-4-3-5-8-7-4/h2-3H,1H3,(H,5,7,8). The maximum absolute atomic E-state index is 4.66. The number of hydrogen-bond donors (Lipinski definition) is 1. The molecule has 0 aliphatic carbocycles. The van der Waals surface area contributed by atoms with Crippen molar-refractivity contribution in [3.63, 3.8) is 0 Å². The zero-order valence-corrected chi connectivity index (χ0v) is 4.90. The van der Waals surface area contributed by atoms with Gasteiger partial charge in [-0.15, -0.1) is 5.10 Å². The molecule has 0 amide bonds. The highest BCUT2D eigenvalue weighted by Crippen LogP contribution is 1.98. The van der Waals surface area contributed by atoms with E-state index in [4.69, 9.17) is 0 Å². The topological polar surface area (TPSA) is 63.2 Å². The Labute approximate surface area is 51.7 Å². The van der Waals surface area contributed by atoms with E-state index in [2.05, 4.69) is 25.4 Å². The Bertz CT molecular complexity index is 180. The predicted octanol–water partition coefficient (Wildman–Crippen LogP) is 0.189. The molecule has 0 spiro atoms. The second-order valence-electron chi connectivity index (χ2n) is 1.26. The molecule has 48 valence electrons. The van der Waals surface area contributed by atoms with E-state index in [9.17, 15) is 0 Å². The van der Waals surface area contributed by atoms with Crippen LogP contribution in [0.5, 0.6) is 5.88 Å². The summed E-state index contributed by atoms with van der Waals surface area (Å²) in [6.07, 6.45) is 2.96. The molecule has 1 rings (SSSR count). The maximum atomic E-state index is 4.66. The smallest absolute Gasteiger partial charge is 0.286 e. The van der Waals surface area contributed by atoms with E-state index in [1.807, 2.05) is 0 Å². The van der Waals surface area contributed by atoms with E-state index >= 15 is 0 Å². The van der Waals surface area contributed by atoms with Crippen LogP contribution in [0.2, 0.25) is 0 Å². The van der Waals surface area contributed by atoms with Crippen LogP contribution in [0.15, 0.2) is 11.4 Å². The molecule has 0 atom stereocenters. The molecule has 1 N–H and O–H groups in total. The summed E-state index contributed by atoms with van der Waals surface area (Å²) in [7, 11) is 0. The van der Waals surface area contributed by atoms with Gasteiger partial charge in [0.25, 0.3) is 5.88 Å². The lowest BCUT2D eigenvalue weighted by Crippen LogP contribution is -1.81. The third kappa shape index (κ3) is 1.52. The van der Waals surface area contributed by atoms with Crippen molar-refractivity contribution in [1.29, 1.82) is 0 Å². The first-order valence-corrected chi connectivity index (χ1v) is 2.44. The number of nitrogens with zero attached hydrogens (tertiary/aromatic N) is 3. The first-order valence-electron chi connectivity index (χ1n) is 2.44. The van der Waals surface area contributed by atoms with Crippen LogP contribution in [0.25, 0.3) is 0 Å². The molecule has 9 heavy (non-hydrogen) atoms. The summed E-state index contributed by atoms with van der Waals surface area (Å²) in [4.78, 5) is 4.66. The Morgan fingerprint density at radius 2 is 2.78 bits per heavy atom. The summed E-state index contributed by atoms with van der Waals surface area (Å²) in [5, 5.41) is 12.9. The van der Waals surface area contributed by atoms with Crippen LogP contribution in [-0.4, -0.2) is 21.6 Å². The van der Waals surface area contributed by atoms with Crippen molar-refractivity contribution in [2.24, 2.45) is 5.16 Å². The third-order valence-corrected chi connectivity index (χ3v) is 0.645. The summed E-state index contributed by atoms with van der Waals surface area (Å²) in [5.74, 6) is 0.369. The van der Waals surface area contributed by atoms with Crippen molar-refractivity contribution in [2.45, 2.75) is 6.92 Å². The molecule has 0 radical (unpaired) electrons. The van der Waals surface area contributed by atoms with Crippen molar-refractivity contribution in [1.82, 2.24) is 15.4 Å². The second-order valence-corrected chi connectivity index (χ2v) is 1.26. The van der Waals surface area contributed by atoms with E-state index in [0.717, 1.165) is 0 Å². The quantitative estimate of drug-likeness (QED) is 0.454. The van der Waals surface area contributed by atoms with Gasteiger partial charge >= 0.3 is 0 Å². The highest BCUT2D eigenvalue weighted by molar-refractivity contribution is 5.52. The van der Waals surface area contributed by atoms with Gasteiger partial charge < -0.3 is 4.84 Å². The molecule has 5 nitrogen and oxygen atoms in total. The minimum absolute atomic E-state index is 0.369. The van der Waals surface area contributed by atoms with Crippen LogP contribution in [0, 0.1) is 0 Å². The van der Waals surface area contributed by atoms with Crippen molar-refractivity contribution >= 4 is 6.21 Å². The van der Waals surface area contributed by atoms with E-state index in [0.29, 0.717) is 5.88 Å². The van der Waals surface area contributed by atoms with E-state index in [1.165, 1.54) is 12.4 Å². The molecule has 0 aliphatic rings. The van der Waals surface area contributed by atoms with Gasteiger partial charge in [0.05, 0.1) is 0 Å². The number of nitrogens with one attached hydrogen (secondary N) is 1. The summed E-state index contributed by atoms with van der Waals surface area (Å²) < 4.78 is 0. The van der Waals surface area contributed by atoms with Crippen LogP contribution in [0.3, 0.4) is 0 Å². The number of hydrogen-bond acceptors (Lipinski definition) is 4. The first kappa shape index (κ1) is 5.74. The predicted molar refractivity (Wildman–Crippen MR) is 31.2 cm³/mol. The molecule has 0 aromatic carbocycles. The molecule has 1 heterocycles. The number of H-pyrrole nitrogens is 1. The Morgan fingerprint density at radius 3 is 3.33 bits per heavy atom.